The summed E-state index contributed by atoms with van der Waals surface area (Å²) in [4.78, 5) is 52.1. The summed E-state index contributed by atoms with van der Waals surface area (Å²) in [6.45, 7) is 4.93. The van der Waals surface area contributed by atoms with E-state index in [9.17, 15) is 19.2 Å². The summed E-state index contributed by atoms with van der Waals surface area (Å²) in [6.07, 6.45) is 0. The lowest BCUT2D eigenvalue weighted by Gasteiger charge is -2.10. The number of rotatable bonds is 6. The molecule has 0 saturated carbocycles. The molecule has 0 atom stereocenters. The van der Waals surface area contributed by atoms with Crippen LogP contribution in [0.4, 0.5) is 5.69 Å². The van der Waals surface area contributed by atoms with E-state index in [0.717, 1.165) is 0 Å². The number of aryl methyl sites for hydroxylation is 2. The average Bonchev–Trinajstić information content (AvgIpc) is 2.72. The van der Waals surface area contributed by atoms with E-state index in [1.807, 2.05) is 6.92 Å². The van der Waals surface area contributed by atoms with Gasteiger partial charge in [-0.3, -0.25) is 14.4 Å². The van der Waals surface area contributed by atoms with Gasteiger partial charge in [0.2, 0.25) is 5.91 Å². The summed E-state index contributed by atoms with van der Waals surface area (Å²) >= 11 is 0. The Bertz CT molecular complexity index is 1200. The first-order valence-electron chi connectivity index (χ1n) is 9.39. The van der Waals surface area contributed by atoms with Crippen LogP contribution in [0, 0.1) is 6.92 Å². The Kier molecular flexibility index (Phi) is 6.06. The maximum Gasteiger partial charge on any atom is 0.338 e. The van der Waals surface area contributed by atoms with Crippen LogP contribution in [-0.4, -0.2) is 33.8 Å². The van der Waals surface area contributed by atoms with Gasteiger partial charge in [0.25, 0.3) is 5.56 Å². The monoisotopic (exact) mass is 407 g/mol. The molecule has 1 heterocycles. The average molecular weight is 407 g/mol. The molecular weight excluding hydrogens is 386 g/mol. The summed E-state index contributed by atoms with van der Waals surface area (Å²) in [5.41, 5.74) is 2.47. The molecular formula is C22H21N3O5. The van der Waals surface area contributed by atoms with Crippen molar-refractivity contribution in [2.45, 2.75) is 27.3 Å². The molecule has 0 saturated heterocycles. The van der Waals surface area contributed by atoms with Gasteiger partial charge in [-0.2, -0.15) is 0 Å². The van der Waals surface area contributed by atoms with Gasteiger partial charge in [0, 0.05) is 24.7 Å². The topological polar surface area (TPSA) is 107 Å². The molecule has 30 heavy (non-hydrogen) atoms. The summed E-state index contributed by atoms with van der Waals surface area (Å²) in [5, 5.41) is 2.61. The lowest BCUT2D eigenvalue weighted by molar-refractivity contribution is -0.114. The van der Waals surface area contributed by atoms with Crippen molar-refractivity contribution in [3.05, 3.63) is 69.6 Å². The number of Topliss-reactive ketones (excluding diaryl/α,β-unsaturated/α-hetero) is 1. The first kappa shape index (κ1) is 20.9. The maximum absolute atomic E-state index is 12.4. The number of esters is 1. The molecule has 0 fully saturated rings. The standard InChI is InChI=1S/C22H21N3O5/c1-4-25-19-10-7-16(11-18(19)23-13(2)21(25)28)22(29)30-12-20(27)15-5-8-17(9-6-15)24-14(3)26/h5-11H,4,12H2,1-3H3,(H,24,26). The number of carbonyl (C=O) groups is 3. The van der Waals surface area contributed by atoms with Crippen molar-refractivity contribution < 1.29 is 19.1 Å². The fraction of sp³-hybridized carbons (Fsp3) is 0.227. The van der Waals surface area contributed by atoms with E-state index in [-0.39, 0.29) is 22.8 Å². The summed E-state index contributed by atoms with van der Waals surface area (Å²) in [6, 6.07) is 11.0. The summed E-state index contributed by atoms with van der Waals surface area (Å²) in [7, 11) is 0. The number of hydrogen-bond donors (Lipinski definition) is 1. The van der Waals surface area contributed by atoms with E-state index < -0.39 is 12.6 Å². The molecule has 1 aromatic heterocycles. The van der Waals surface area contributed by atoms with E-state index in [1.54, 1.807) is 54.0 Å². The minimum Gasteiger partial charge on any atom is -0.454 e. The van der Waals surface area contributed by atoms with E-state index in [2.05, 4.69) is 10.3 Å². The number of ketones is 1. The molecule has 0 aliphatic carbocycles. The highest BCUT2D eigenvalue weighted by Crippen LogP contribution is 2.15. The predicted octanol–water partition coefficient (Wildman–Crippen LogP) is 2.72. The molecule has 3 rings (SSSR count). The third kappa shape index (κ3) is 4.43. The molecule has 3 aromatic rings. The van der Waals surface area contributed by atoms with Gasteiger partial charge >= 0.3 is 5.97 Å². The Morgan fingerprint density at radius 2 is 1.73 bits per heavy atom. The zero-order chi connectivity index (χ0) is 21.8. The lowest BCUT2D eigenvalue weighted by atomic mass is 10.1. The fourth-order valence-electron chi connectivity index (χ4n) is 3.06. The smallest absolute Gasteiger partial charge is 0.338 e. The number of amides is 1. The van der Waals surface area contributed by atoms with Gasteiger partial charge in [0.05, 0.1) is 16.6 Å². The maximum atomic E-state index is 12.4. The third-order valence-electron chi connectivity index (χ3n) is 4.52. The predicted molar refractivity (Wildman–Crippen MR) is 112 cm³/mol. The minimum absolute atomic E-state index is 0.171. The van der Waals surface area contributed by atoms with Crippen molar-refractivity contribution in [3.8, 4) is 0 Å². The van der Waals surface area contributed by atoms with E-state index in [0.29, 0.717) is 34.5 Å². The third-order valence-corrected chi connectivity index (χ3v) is 4.52. The molecule has 0 bridgehead atoms. The molecule has 0 unspecified atom stereocenters. The molecule has 0 spiro atoms. The zero-order valence-corrected chi connectivity index (χ0v) is 16.9. The quantitative estimate of drug-likeness (QED) is 0.497. The molecule has 0 aliphatic heterocycles. The Labute approximate surface area is 172 Å². The Morgan fingerprint density at radius 3 is 2.37 bits per heavy atom. The van der Waals surface area contributed by atoms with Crippen LogP contribution in [0.25, 0.3) is 11.0 Å². The number of ether oxygens (including phenoxy) is 1. The van der Waals surface area contributed by atoms with Crippen LogP contribution < -0.4 is 10.9 Å². The van der Waals surface area contributed by atoms with Gasteiger partial charge in [0.15, 0.2) is 12.4 Å². The number of hydrogen-bond acceptors (Lipinski definition) is 6. The number of nitrogens with one attached hydrogen (secondary N) is 1. The highest BCUT2D eigenvalue weighted by atomic mass is 16.5. The summed E-state index contributed by atoms with van der Waals surface area (Å²) < 4.78 is 6.73. The van der Waals surface area contributed by atoms with E-state index in [1.165, 1.54) is 6.92 Å². The Morgan fingerprint density at radius 1 is 1.07 bits per heavy atom. The van der Waals surface area contributed by atoms with Crippen molar-refractivity contribution in [2.24, 2.45) is 0 Å². The first-order chi connectivity index (χ1) is 14.3. The SMILES string of the molecule is CCn1c(=O)c(C)nc2cc(C(=O)OCC(=O)c3ccc(NC(C)=O)cc3)ccc21. The van der Waals surface area contributed by atoms with E-state index in [4.69, 9.17) is 4.74 Å². The second-order valence-electron chi connectivity index (χ2n) is 6.71. The molecule has 0 aliphatic rings. The van der Waals surface area contributed by atoms with Crippen molar-refractivity contribution in [3.63, 3.8) is 0 Å². The fourth-order valence-corrected chi connectivity index (χ4v) is 3.06. The zero-order valence-electron chi connectivity index (χ0n) is 16.9. The second-order valence-corrected chi connectivity index (χ2v) is 6.71. The number of fused-ring (bicyclic) bond motifs is 1. The number of aromatic nitrogens is 2. The molecule has 0 radical (unpaired) electrons. The van der Waals surface area contributed by atoms with Crippen molar-refractivity contribution in [2.75, 3.05) is 11.9 Å². The van der Waals surface area contributed by atoms with Crippen LogP contribution in [0.15, 0.2) is 47.3 Å². The van der Waals surface area contributed by atoms with Crippen molar-refractivity contribution in [1.29, 1.82) is 0 Å². The second kappa shape index (κ2) is 8.69. The summed E-state index contributed by atoms with van der Waals surface area (Å²) in [5.74, 6) is -1.24. The van der Waals surface area contributed by atoms with E-state index >= 15 is 0 Å². The molecule has 1 N–H and O–H groups in total. The lowest BCUT2D eigenvalue weighted by Crippen LogP contribution is -2.23. The molecule has 154 valence electrons. The van der Waals surface area contributed by atoms with Crippen LogP contribution in [0.2, 0.25) is 0 Å². The normalized spacial score (nSPS) is 10.6. The number of carbonyl (C=O) groups excluding carboxylic acids is 3. The molecule has 8 nitrogen and oxygen atoms in total. The highest BCUT2D eigenvalue weighted by Gasteiger charge is 2.14. The van der Waals surface area contributed by atoms with Crippen LogP contribution in [-0.2, 0) is 16.1 Å². The number of anilines is 1. The number of benzene rings is 2. The number of nitrogens with zero attached hydrogens (tertiary/aromatic N) is 2. The first-order valence-corrected chi connectivity index (χ1v) is 9.39. The van der Waals surface area contributed by atoms with Crippen LogP contribution in [0.1, 0.15) is 40.3 Å². The highest BCUT2D eigenvalue weighted by molar-refractivity contribution is 6.00. The Hall–Kier alpha value is -3.81. The van der Waals surface area contributed by atoms with Crippen LogP contribution in [0.5, 0.6) is 0 Å². The van der Waals surface area contributed by atoms with Crippen molar-refractivity contribution >= 4 is 34.4 Å². The largest absolute Gasteiger partial charge is 0.454 e. The van der Waals surface area contributed by atoms with Gasteiger partial charge in [-0.25, -0.2) is 9.78 Å². The van der Waals surface area contributed by atoms with Gasteiger partial charge in [0.1, 0.15) is 5.69 Å². The molecule has 8 heteroatoms. The van der Waals surface area contributed by atoms with Gasteiger partial charge in [-0.05, 0) is 56.3 Å². The Balaban J connectivity index is 1.72. The minimum atomic E-state index is -0.659. The molecule has 1 amide bonds. The van der Waals surface area contributed by atoms with Gasteiger partial charge in [-0.15, -0.1) is 0 Å². The molecule has 2 aromatic carbocycles. The van der Waals surface area contributed by atoms with Gasteiger partial charge < -0.3 is 14.6 Å². The van der Waals surface area contributed by atoms with Crippen LogP contribution in [0.3, 0.4) is 0 Å². The van der Waals surface area contributed by atoms with Crippen molar-refractivity contribution in [1.82, 2.24) is 9.55 Å². The van der Waals surface area contributed by atoms with Crippen LogP contribution >= 0.6 is 0 Å². The van der Waals surface area contributed by atoms with Gasteiger partial charge in [-0.1, -0.05) is 0 Å².